The van der Waals surface area contributed by atoms with Crippen LogP contribution in [0.4, 0.5) is 4.79 Å². The molecule has 4 bridgehead atoms. The highest BCUT2D eigenvalue weighted by Crippen LogP contribution is 2.61. The maximum absolute atomic E-state index is 11.6. The summed E-state index contributed by atoms with van der Waals surface area (Å²) in [4.78, 5) is 16.6. The molecule has 0 N–H and O–H groups in total. The van der Waals surface area contributed by atoms with E-state index < -0.39 is 6.16 Å². The zero-order valence-electron chi connectivity index (χ0n) is 17.9. The molecule has 0 heterocycles. The number of nitrogens with zero attached hydrogens (tertiary/aromatic N) is 1. The van der Waals surface area contributed by atoms with E-state index >= 15 is 0 Å². The highest BCUT2D eigenvalue weighted by Gasteiger charge is 2.53. The van der Waals surface area contributed by atoms with Gasteiger partial charge in [-0.05, 0) is 106 Å². The molecular weight excluding hydrogens is 366 g/mol. The Balaban J connectivity index is 1.47. The lowest BCUT2D eigenvalue weighted by Gasteiger charge is -2.58. The molecule has 4 saturated carbocycles. The highest BCUT2D eigenvalue weighted by atomic mass is 16.7. The van der Waals surface area contributed by atoms with E-state index in [1.165, 1.54) is 38.5 Å². The van der Waals surface area contributed by atoms with Crippen LogP contribution in [0.1, 0.15) is 64.9 Å². The maximum atomic E-state index is 11.6. The fraction of sp³-hybridized carbons (Fsp3) is 0.667. The third-order valence-electron chi connectivity index (χ3n) is 7.14. The number of aliphatic imine (C=N–C) groups is 1. The molecule has 5 heteroatoms. The van der Waals surface area contributed by atoms with Crippen LogP contribution in [0, 0.1) is 23.2 Å². The molecule has 0 spiro atoms. The van der Waals surface area contributed by atoms with Gasteiger partial charge in [0.05, 0.1) is 19.3 Å². The van der Waals surface area contributed by atoms with Crippen molar-refractivity contribution in [2.45, 2.75) is 65.3 Å². The van der Waals surface area contributed by atoms with E-state index in [0.717, 1.165) is 23.3 Å². The number of rotatable bonds is 7. The van der Waals surface area contributed by atoms with Gasteiger partial charge in [-0.15, -0.1) is 0 Å². The molecule has 1 atom stereocenters. The number of hydrogen-bond acceptors (Lipinski definition) is 5. The van der Waals surface area contributed by atoms with Gasteiger partial charge in [0, 0.05) is 6.21 Å². The van der Waals surface area contributed by atoms with Gasteiger partial charge in [0.25, 0.3) is 0 Å². The lowest BCUT2D eigenvalue weighted by Crippen LogP contribution is -2.50. The minimum atomic E-state index is -0.717. The second-order valence-electron chi connectivity index (χ2n) is 9.16. The lowest BCUT2D eigenvalue weighted by molar-refractivity contribution is -0.0632. The molecule has 0 saturated heterocycles. The number of carbonyl (C=O) groups is 1. The van der Waals surface area contributed by atoms with Gasteiger partial charge in [0.1, 0.15) is 0 Å². The molecule has 4 fully saturated rings. The lowest BCUT2D eigenvalue weighted by atomic mass is 9.48. The van der Waals surface area contributed by atoms with Gasteiger partial charge in [-0.25, -0.2) is 4.79 Å². The SMILES string of the molecule is CCOC(=O)Oc1ccc(C=NC(C)C23CC4CC(CC(C4)C2)C3)cc1OCC. The first-order valence-corrected chi connectivity index (χ1v) is 11.2. The normalized spacial score (nSPS) is 31.1. The van der Waals surface area contributed by atoms with Crippen LogP contribution in [0.3, 0.4) is 0 Å². The Hall–Kier alpha value is -2.04. The van der Waals surface area contributed by atoms with Crippen molar-refractivity contribution in [3.8, 4) is 11.5 Å². The minimum Gasteiger partial charge on any atom is -0.490 e. The van der Waals surface area contributed by atoms with Gasteiger partial charge >= 0.3 is 6.16 Å². The van der Waals surface area contributed by atoms with Crippen molar-refractivity contribution in [2.24, 2.45) is 28.2 Å². The summed E-state index contributed by atoms with van der Waals surface area (Å²) in [5.41, 5.74) is 1.36. The Morgan fingerprint density at radius 1 is 1.10 bits per heavy atom. The van der Waals surface area contributed by atoms with E-state index in [0.29, 0.717) is 29.6 Å². The Labute approximate surface area is 173 Å². The van der Waals surface area contributed by atoms with E-state index in [4.69, 9.17) is 19.2 Å². The van der Waals surface area contributed by atoms with Crippen LogP contribution < -0.4 is 9.47 Å². The Bertz CT molecular complexity index is 737. The summed E-state index contributed by atoms with van der Waals surface area (Å²) in [7, 11) is 0. The van der Waals surface area contributed by atoms with Gasteiger partial charge in [0.15, 0.2) is 11.5 Å². The number of carbonyl (C=O) groups excluding carboxylic acids is 1. The third-order valence-corrected chi connectivity index (χ3v) is 7.14. The van der Waals surface area contributed by atoms with Crippen molar-refractivity contribution in [1.82, 2.24) is 0 Å². The predicted octanol–water partition coefficient (Wildman–Crippen LogP) is 5.64. The minimum absolute atomic E-state index is 0.274. The topological polar surface area (TPSA) is 57.1 Å². The molecule has 1 aromatic rings. The molecule has 4 aliphatic rings. The van der Waals surface area contributed by atoms with E-state index in [1.807, 2.05) is 25.3 Å². The first-order valence-electron chi connectivity index (χ1n) is 11.2. The van der Waals surface area contributed by atoms with Crippen LogP contribution in [-0.4, -0.2) is 31.6 Å². The van der Waals surface area contributed by atoms with Gasteiger partial charge < -0.3 is 14.2 Å². The fourth-order valence-corrected chi connectivity index (χ4v) is 6.24. The number of benzene rings is 1. The monoisotopic (exact) mass is 399 g/mol. The Morgan fingerprint density at radius 2 is 1.76 bits per heavy atom. The van der Waals surface area contributed by atoms with Crippen molar-refractivity contribution in [3.05, 3.63) is 23.8 Å². The molecule has 158 valence electrons. The van der Waals surface area contributed by atoms with E-state index in [1.54, 1.807) is 13.0 Å². The van der Waals surface area contributed by atoms with Crippen LogP contribution in [-0.2, 0) is 4.74 Å². The quantitative estimate of drug-likeness (QED) is 0.338. The van der Waals surface area contributed by atoms with Crippen LogP contribution in [0.5, 0.6) is 11.5 Å². The molecular formula is C24H33NO4. The second-order valence-corrected chi connectivity index (χ2v) is 9.16. The van der Waals surface area contributed by atoms with Crippen LogP contribution in [0.15, 0.2) is 23.2 Å². The largest absolute Gasteiger partial charge is 0.513 e. The molecule has 0 aromatic heterocycles. The van der Waals surface area contributed by atoms with Crippen LogP contribution in [0.25, 0.3) is 0 Å². The first kappa shape index (κ1) is 20.2. The van der Waals surface area contributed by atoms with Gasteiger partial charge in [-0.3, -0.25) is 4.99 Å². The van der Waals surface area contributed by atoms with E-state index in [-0.39, 0.29) is 6.61 Å². The molecule has 29 heavy (non-hydrogen) atoms. The summed E-state index contributed by atoms with van der Waals surface area (Å²) in [6.45, 7) is 6.71. The van der Waals surface area contributed by atoms with Gasteiger partial charge in [-0.1, -0.05) is 0 Å². The number of ether oxygens (including phenoxy) is 3. The van der Waals surface area contributed by atoms with Crippen molar-refractivity contribution in [2.75, 3.05) is 13.2 Å². The van der Waals surface area contributed by atoms with E-state index in [9.17, 15) is 4.79 Å². The molecule has 5 rings (SSSR count). The molecule has 4 aliphatic carbocycles. The fourth-order valence-electron chi connectivity index (χ4n) is 6.24. The van der Waals surface area contributed by atoms with Gasteiger partial charge in [0.2, 0.25) is 0 Å². The summed E-state index contributed by atoms with van der Waals surface area (Å²) in [6.07, 6.45) is 9.67. The zero-order valence-corrected chi connectivity index (χ0v) is 17.9. The van der Waals surface area contributed by atoms with Crippen LogP contribution in [0.2, 0.25) is 0 Å². The van der Waals surface area contributed by atoms with Crippen molar-refractivity contribution >= 4 is 12.4 Å². The van der Waals surface area contributed by atoms with Gasteiger partial charge in [-0.2, -0.15) is 0 Å². The maximum Gasteiger partial charge on any atom is 0.513 e. The molecule has 0 radical (unpaired) electrons. The van der Waals surface area contributed by atoms with Crippen molar-refractivity contribution in [3.63, 3.8) is 0 Å². The molecule has 0 aliphatic heterocycles. The zero-order chi connectivity index (χ0) is 20.4. The standard InChI is InChI=1S/C24H33NO4/c1-4-27-22-11-17(6-7-21(22)29-23(26)28-5-2)15-25-16(3)24-12-18-8-19(13-24)10-20(9-18)14-24/h6-7,11,15-16,18-20H,4-5,8-10,12-14H2,1-3H3. The molecule has 0 amide bonds. The Kier molecular flexibility index (Phi) is 5.84. The Morgan fingerprint density at radius 3 is 2.34 bits per heavy atom. The highest BCUT2D eigenvalue weighted by molar-refractivity contribution is 5.81. The predicted molar refractivity (Wildman–Crippen MR) is 113 cm³/mol. The summed E-state index contributed by atoms with van der Waals surface area (Å²) < 4.78 is 15.8. The summed E-state index contributed by atoms with van der Waals surface area (Å²) >= 11 is 0. The smallest absolute Gasteiger partial charge is 0.490 e. The van der Waals surface area contributed by atoms with Crippen LogP contribution >= 0.6 is 0 Å². The average Bonchev–Trinajstić information content (AvgIpc) is 2.67. The third kappa shape index (κ3) is 4.29. The van der Waals surface area contributed by atoms with E-state index in [2.05, 4.69) is 6.92 Å². The molecule has 1 aromatic carbocycles. The van der Waals surface area contributed by atoms with Crippen molar-refractivity contribution in [1.29, 1.82) is 0 Å². The first-order chi connectivity index (χ1) is 14.0. The number of hydrogen-bond donors (Lipinski definition) is 0. The molecule has 1 unspecified atom stereocenters. The summed E-state index contributed by atoms with van der Waals surface area (Å²) in [6, 6.07) is 5.88. The molecule has 5 nitrogen and oxygen atoms in total. The average molecular weight is 400 g/mol. The summed E-state index contributed by atoms with van der Waals surface area (Å²) in [5, 5.41) is 0. The second kappa shape index (κ2) is 8.37. The summed E-state index contributed by atoms with van der Waals surface area (Å²) in [5.74, 6) is 3.71. The van der Waals surface area contributed by atoms with Crippen molar-refractivity contribution < 1.29 is 19.0 Å².